The number of nitrogens with zero attached hydrogens (tertiary/aromatic N) is 4. The highest BCUT2D eigenvalue weighted by molar-refractivity contribution is 7.10. The molecule has 1 fully saturated rings. The summed E-state index contributed by atoms with van der Waals surface area (Å²) in [6.07, 6.45) is -0.517. The monoisotopic (exact) mass is 425 g/mol. The van der Waals surface area contributed by atoms with Gasteiger partial charge in [0.2, 0.25) is 0 Å². The molecule has 1 unspecified atom stereocenters. The van der Waals surface area contributed by atoms with Crippen molar-refractivity contribution in [2.75, 3.05) is 12.3 Å². The lowest BCUT2D eigenvalue weighted by molar-refractivity contribution is -0.0778. The van der Waals surface area contributed by atoms with Crippen molar-refractivity contribution in [2.45, 2.75) is 44.0 Å². The van der Waals surface area contributed by atoms with Gasteiger partial charge in [-0.25, -0.2) is 15.0 Å². The molecular weight excluding hydrogens is 406 g/mol. The molecule has 4 rings (SSSR count). The van der Waals surface area contributed by atoms with Crippen LogP contribution in [-0.2, 0) is 15.9 Å². The van der Waals surface area contributed by atoms with Gasteiger partial charge in [0.05, 0.1) is 24.1 Å². The third-order valence-corrected chi connectivity index (χ3v) is 6.12. The third kappa shape index (κ3) is 3.59. The standard InChI is InChI=1S/C17H20ClN5O4S/c1-8(4-11-9(18)2-3-28-11)26-5-10-13(24)14(25)17(27-10)23-7-22-12-15(19)20-6-21-16(12)23/h2-3,6-8,10,13-14,17,24-25H,4-5H2,1H3,(H2,19,20,21)/t8?,10-,13-,14-,17-/m1/s1. The van der Waals surface area contributed by atoms with E-state index < -0.39 is 24.5 Å². The largest absolute Gasteiger partial charge is 0.387 e. The van der Waals surface area contributed by atoms with Gasteiger partial charge in [0.25, 0.3) is 0 Å². The molecule has 28 heavy (non-hydrogen) atoms. The fraction of sp³-hybridized carbons (Fsp3) is 0.471. The summed E-state index contributed by atoms with van der Waals surface area (Å²) in [5, 5.41) is 23.5. The van der Waals surface area contributed by atoms with Crippen molar-refractivity contribution < 1.29 is 19.7 Å². The van der Waals surface area contributed by atoms with E-state index in [2.05, 4.69) is 15.0 Å². The van der Waals surface area contributed by atoms with E-state index >= 15 is 0 Å². The normalized spacial score (nSPS) is 26.1. The smallest absolute Gasteiger partial charge is 0.167 e. The lowest BCUT2D eigenvalue weighted by atomic mass is 10.1. The minimum Gasteiger partial charge on any atom is -0.387 e. The van der Waals surface area contributed by atoms with Crippen LogP contribution in [0.25, 0.3) is 11.2 Å². The lowest BCUT2D eigenvalue weighted by Gasteiger charge is -2.18. The Bertz CT molecular complexity index is 966. The molecule has 0 saturated carbocycles. The summed E-state index contributed by atoms with van der Waals surface area (Å²) >= 11 is 7.69. The van der Waals surface area contributed by atoms with Crippen LogP contribution in [0.1, 0.15) is 18.0 Å². The van der Waals surface area contributed by atoms with Crippen LogP contribution >= 0.6 is 22.9 Å². The fourth-order valence-corrected chi connectivity index (χ4v) is 4.43. The number of aliphatic hydroxyl groups is 2. The van der Waals surface area contributed by atoms with E-state index in [9.17, 15) is 10.2 Å². The Balaban J connectivity index is 1.43. The molecular formula is C17H20ClN5O4S. The van der Waals surface area contributed by atoms with Gasteiger partial charge in [-0.15, -0.1) is 11.3 Å². The van der Waals surface area contributed by atoms with Crippen molar-refractivity contribution >= 4 is 39.9 Å². The summed E-state index contributed by atoms with van der Waals surface area (Å²) in [6, 6.07) is 1.85. The van der Waals surface area contributed by atoms with Gasteiger partial charge in [-0.3, -0.25) is 4.57 Å². The van der Waals surface area contributed by atoms with Crippen LogP contribution < -0.4 is 5.73 Å². The van der Waals surface area contributed by atoms with E-state index in [1.165, 1.54) is 17.2 Å². The van der Waals surface area contributed by atoms with E-state index in [0.29, 0.717) is 17.6 Å². The number of anilines is 1. The molecule has 150 valence electrons. The highest BCUT2D eigenvalue weighted by atomic mass is 35.5. The molecule has 3 aromatic heterocycles. The number of halogens is 1. The first-order chi connectivity index (χ1) is 13.5. The Labute approximate surface area is 169 Å². The molecule has 5 atom stereocenters. The van der Waals surface area contributed by atoms with E-state index in [0.717, 1.165) is 9.90 Å². The maximum atomic E-state index is 10.5. The number of imidazole rings is 1. The third-order valence-electron chi connectivity index (χ3n) is 4.71. The van der Waals surface area contributed by atoms with Gasteiger partial charge in [0, 0.05) is 11.3 Å². The number of hydrogen-bond donors (Lipinski definition) is 3. The number of aromatic nitrogens is 4. The first-order valence-electron chi connectivity index (χ1n) is 8.73. The SMILES string of the molecule is CC(Cc1sccc1Cl)OC[C@H]1O[C@@H](n2cnc3c(N)ncnc32)[C@H](O)[C@@H]1O. The first-order valence-corrected chi connectivity index (χ1v) is 9.99. The molecule has 1 saturated heterocycles. The molecule has 4 heterocycles. The van der Waals surface area contributed by atoms with Gasteiger partial charge < -0.3 is 25.4 Å². The molecule has 9 nitrogen and oxygen atoms in total. The van der Waals surface area contributed by atoms with Crippen LogP contribution in [0, 0.1) is 0 Å². The van der Waals surface area contributed by atoms with Gasteiger partial charge in [0.1, 0.15) is 30.2 Å². The summed E-state index contributed by atoms with van der Waals surface area (Å²) in [4.78, 5) is 13.3. The van der Waals surface area contributed by atoms with Crippen molar-refractivity contribution in [3.8, 4) is 0 Å². The highest BCUT2D eigenvalue weighted by Crippen LogP contribution is 2.32. The molecule has 0 radical (unpaired) electrons. The minimum absolute atomic E-state index is 0.121. The molecule has 0 bridgehead atoms. The molecule has 0 spiro atoms. The number of thiophene rings is 1. The van der Waals surface area contributed by atoms with Crippen LogP contribution in [0.4, 0.5) is 5.82 Å². The van der Waals surface area contributed by atoms with Crippen molar-refractivity contribution in [1.29, 1.82) is 0 Å². The topological polar surface area (TPSA) is 129 Å². The summed E-state index contributed by atoms with van der Waals surface area (Å²) in [5.41, 5.74) is 6.63. The molecule has 0 aliphatic carbocycles. The Kier molecular flexibility index (Phi) is 5.50. The van der Waals surface area contributed by atoms with E-state index in [4.69, 9.17) is 26.8 Å². The number of ether oxygens (including phenoxy) is 2. The minimum atomic E-state index is -1.16. The second-order valence-corrected chi connectivity index (χ2v) is 8.08. The van der Waals surface area contributed by atoms with Crippen LogP contribution in [0.5, 0.6) is 0 Å². The van der Waals surface area contributed by atoms with Gasteiger partial charge in [-0.05, 0) is 18.4 Å². The summed E-state index contributed by atoms with van der Waals surface area (Å²) in [6.45, 7) is 2.05. The number of rotatable bonds is 6. The molecule has 1 aliphatic rings. The Morgan fingerprint density at radius 1 is 1.36 bits per heavy atom. The quantitative estimate of drug-likeness (QED) is 0.540. The zero-order valence-electron chi connectivity index (χ0n) is 15.0. The van der Waals surface area contributed by atoms with Crippen molar-refractivity contribution in [3.05, 3.63) is 34.0 Å². The van der Waals surface area contributed by atoms with E-state index in [1.807, 2.05) is 18.4 Å². The number of nitrogens with two attached hydrogens (primary N) is 1. The van der Waals surface area contributed by atoms with E-state index in [-0.39, 0.29) is 18.5 Å². The average molecular weight is 426 g/mol. The molecule has 3 aromatic rings. The zero-order valence-corrected chi connectivity index (χ0v) is 16.5. The predicted octanol–water partition coefficient (Wildman–Crippen LogP) is 1.39. The number of fused-ring (bicyclic) bond motifs is 1. The number of nitrogen functional groups attached to an aromatic ring is 1. The van der Waals surface area contributed by atoms with Crippen molar-refractivity contribution in [3.63, 3.8) is 0 Å². The van der Waals surface area contributed by atoms with Crippen molar-refractivity contribution in [2.24, 2.45) is 0 Å². The Hall–Kier alpha value is -1.82. The predicted molar refractivity (Wildman–Crippen MR) is 104 cm³/mol. The molecule has 4 N–H and O–H groups in total. The van der Waals surface area contributed by atoms with Crippen LogP contribution in [-0.4, -0.2) is 60.8 Å². The maximum Gasteiger partial charge on any atom is 0.167 e. The van der Waals surface area contributed by atoms with Crippen LogP contribution in [0.2, 0.25) is 5.02 Å². The number of aliphatic hydroxyl groups excluding tert-OH is 2. The summed E-state index contributed by atoms with van der Waals surface area (Å²) in [5.74, 6) is 0.234. The molecule has 0 amide bonds. The summed E-state index contributed by atoms with van der Waals surface area (Å²) in [7, 11) is 0. The van der Waals surface area contributed by atoms with Crippen LogP contribution in [0.3, 0.4) is 0 Å². The van der Waals surface area contributed by atoms with Gasteiger partial charge in [-0.1, -0.05) is 11.6 Å². The highest BCUT2D eigenvalue weighted by Gasteiger charge is 2.44. The summed E-state index contributed by atoms with van der Waals surface area (Å²) < 4.78 is 13.2. The second kappa shape index (κ2) is 7.90. The lowest BCUT2D eigenvalue weighted by Crippen LogP contribution is -2.34. The average Bonchev–Trinajstić information content (AvgIpc) is 3.35. The second-order valence-electron chi connectivity index (χ2n) is 6.67. The molecule has 11 heteroatoms. The number of hydrogen-bond acceptors (Lipinski definition) is 9. The fourth-order valence-electron chi connectivity index (χ4n) is 3.20. The molecule has 1 aliphatic heterocycles. The van der Waals surface area contributed by atoms with Gasteiger partial charge in [-0.2, -0.15) is 0 Å². The zero-order chi connectivity index (χ0) is 19.8. The van der Waals surface area contributed by atoms with Crippen molar-refractivity contribution in [1.82, 2.24) is 19.5 Å². The first kappa shape index (κ1) is 19.5. The Morgan fingerprint density at radius 2 is 2.18 bits per heavy atom. The van der Waals surface area contributed by atoms with Gasteiger partial charge in [0.15, 0.2) is 17.7 Å². The van der Waals surface area contributed by atoms with Crippen LogP contribution in [0.15, 0.2) is 24.1 Å². The van der Waals surface area contributed by atoms with E-state index in [1.54, 1.807) is 11.3 Å². The maximum absolute atomic E-state index is 10.5. The van der Waals surface area contributed by atoms with Gasteiger partial charge >= 0.3 is 0 Å². The Morgan fingerprint density at radius 3 is 2.93 bits per heavy atom. The molecule has 0 aromatic carbocycles.